The monoisotopic (exact) mass is 303 g/mol. The molecule has 122 valence electrons. The molecular formula is C19H29NO2. The summed E-state index contributed by atoms with van der Waals surface area (Å²) in [6.45, 7) is 6.91. The summed E-state index contributed by atoms with van der Waals surface area (Å²) in [4.78, 5) is 2.55. The molecule has 3 atom stereocenters. The third-order valence-electron chi connectivity index (χ3n) is 5.14. The Kier molecular flexibility index (Phi) is 4.74. The largest absolute Gasteiger partial charge is 0.490 e. The van der Waals surface area contributed by atoms with Crippen LogP contribution < -0.4 is 4.74 Å². The van der Waals surface area contributed by atoms with Crippen LogP contribution in [-0.2, 0) is 11.3 Å². The maximum atomic E-state index is 6.40. The van der Waals surface area contributed by atoms with Gasteiger partial charge in [0, 0.05) is 17.6 Å². The minimum Gasteiger partial charge on any atom is -0.490 e. The van der Waals surface area contributed by atoms with Gasteiger partial charge in [0.25, 0.3) is 0 Å². The number of hydrogen-bond donors (Lipinski definition) is 0. The van der Waals surface area contributed by atoms with Gasteiger partial charge in [0.15, 0.2) is 0 Å². The van der Waals surface area contributed by atoms with Gasteiger partial charge in [0.2, 0.25) is 0 Å². The third-order valence-corrected chi connectivity index (χ3v) is 5.14. The van der Waals surface area contributed by atoms with Crippen LogP contribution in [0.2, 0.25) is 0 Å². The SMILES string of the molecule is Cc1ccc(OC2C[C@H]3CC[C@@H](C2)N3C)c(COC(C)C)c1. The first kappa shape index (κ1) is 15.8. The van der Waals surface area contributed by atoms with Crippen molar-refractivity contribution in [2.45, 2.75) is 77.4 Å². The molecule has 0 aliphatic carbocycles. The highest BCUT2D eigenvalue weighted by Crippen LogP contribution is 2.36. The Balaban J connectivity index is 1.69. The summed E-state index contributed by atoms with van der Waals surface area (Å²) in [6, 6.07) is 7.88. The standard InChI is InChI=1S/C19H29NO2/c1-13(2)21-12-15-9-14(3)5-8-19(15)22-18-10-16-6-7-17(11-18)20(16)4/h5,8-9,13,16-18H,6-7,10-12H2,1-4H3/t16-,17+,18?. The van der Waals surface area contributed by atoms with Gasteiger partial charge in [-0.1, -0.05) is 17.7 Å². The number of benzene rings is 1. The lowest BCUT2D eigenvalue weighted by Crippen LogP contribution is -2.43. The minimum atomic E-state index is 0.243. The van der Waals surface area contributed by atoms with Crippen molar-refractivity contribution in [2.24, 2.45) is 0 Å². The summed E-state index contributed by atoms with van der Waals surface area (Å²) in [5, 5.41) is 0. The number of aryl methyl sites for hydroxylation is 1. The molecule has 1 unspecified atom stereocenters. The van der Waals surface area contributed by atoms with E-state index >= 15 is 0 Å². The Morgan fingerprint density at radius 1 is 1.18 bits per heavy atom. The van der Waals surface area contributed by atoms with Crippen LogP contribution in [0.4, 0.5) is 0 Å². The van der Waals surface area contributed by atoms with Gasteiger partial charge in [-0.05, 0) is 59.6 Å². The summed E-state index contributed by atoms with van der Waals surface area (Å²) in [5.41, 5.74) is 2.44. The van der Waals surface area contributed by atoms with Crippen molar-refractivity contribution >= 4 is 0 Å². The molecule has 0 radical (unpaired) electrons. The molecule has 2 saturated heterocycles. The molecule has 1 aromatic rings. The summed E-state index contributed by atoms with van der Waals surface area (Å²) in [7, 11) is 2.27. The van der Waals surface area contributed by atoms with Gasteiger partial charge in [0.1, 0.15) is 11.9 Å². The zero-order valence-electron chi connectivity index (χ0n) is 14.3. The van der Waals surface area contributed by atoms with E-state index in [2.05, 4.69) is 50.9 Å². The maximum absolute atomic E-state index is 6.40. The molecule has 22 heavy (non-hydrogen) atoms. The van der Waals surface area contributed by atoms with Gasteiger partial charge in [-0.2, -0.15) is 0 Å². The van der Waals surface area contributed by atoms with E-state index in [1.54, 1.807) is 0 Å². The molecule has 2 aliphatic heterocycles. The number of ether oxygens (including phenoxy) is 2. The first-order valence-corrected chi connectivity index (χ1v) is 8.62. The highest BCUT2D eigenvalue weighted by molar-refractivity contribution is 5.36. The third kappa shape index (κ3) is 3.47. The van der Waals surface area contributed by atoms with E-state index in [0.29, 0.717) is 24.8 Å². The molecule has 2 bridgehead atoms. The number of nitrogens with zero attached hydrogens (tertiary/aromatic N) is 1. The zero-order chi connectivity index (χ0) is 15.7. The van der Waals surface area contributed by atoms with Crippen LogP contribution in [0.1, 0.15) is 50.7 Å². The normalized spacial score (nSPS) is 28.3. The molecule has 3 rings (SSSR count). The van der Waals surface area contributed by atoms with E-state index in [0.717, 1.165) is 18.6 Å². The Morgan fingerprint density at radius 3 is 2.50 bits per heavy atom. The van der Waals surface area contributed by atoms with Crippen molar-refractivity contribution < 1.29 is 9.47 Å². The topological polar surface area (TPSA) is 21.7 Å². The second-order valence-corrected chi connectivity index (χ2v) is 7.23. The first-order valence-electron chi connectivity index (χ1n) is 8.62. The molecule has 0 N–H and O–H groups in total. The summed E-state index contributed by atoms with van der Waals surface area (Å²) in [5.74, 6) is 1.01. The highest BCUT2D eigenvalue weighted by atomic mass is 16.5. The average Bonchev–Trinajstić information content (AvgIpc) is 2.70. The number of piperidine rings is 1. The van der Waals surface area contributed by atoms with E-state index in [1.165, 1.54) is 24.0 Å². The molecule has 0 amide bonds. The van der Waals surface area contributed by atoms with Crippen molar-refractivity contribution in [1.82, 2.24) is 4.90 Å². The van der Waals surface area contributed by atoms with Crippen LogP contribution in [0.5, 0.6) is 5.75 Å². The van der Waals surface area contributed by atoms with E-state index in [-0.39, 0.29) is 6.10 Å². The zero-order valence-corrected chi connectivity index (χ0v) is 14.3. The fourth-order valence-electron chi connectivity index (χ4n) is 3.83. The highest BCUT2D eigenvalue weighted by Gasteiger charge is 2.39. The fraction of sp³-hybridized carbons (Fsp3) is 0.684. The lowest BCUT2D eigenvalue weighted by Gasteiger charge is -2.36. The van der Waals surface area contributed by atoms with Gasteiger partial charge >= 0.3 is 0 Å². The maximum Gasteiger partial charge on any atom is 0.125 e. The number of hydrogen-bond acceptors (Lipinski definition) is 3. The summed E-state index contributed by atoms with van der Waals surface area (Å²) in [6.07, 6.45) is 5.58. The van der Waals surface area contributed by atoms with Crippen molar-refractivity contribution in [3.8, 4) is 5.75 Å². The Hall–Kier alpha value is -1.06. The van der Waals surface area contributed by atoms with Crippen LogP contribution in [0.25, 0.3) is 0 Å². The average molecular weight is 303 g/mol. The van der Waals surface area contributed by atoms with Crippen LogP contribution in [0, 0.1) is 6.92 Å². The van der Waals surface area contributed by atoms with Crippen LogP contribution in [-0.4, -0.2) is 36.2 Å². The van der Waals surface area contributed by atoms with Crippen molar-refractivity contribution in [1.29, 1.82) is 0 Å². The molecule has 0 saturated carbocycles. The molecule has 0 spiro atoms. The molecule has 0 aromatic heterocycles. The van der Waals surface area contributed by atoms with Crippen LogP contribution >= 0.6 is 0 Å². The Labute approximate surface area is 134 Å². The van der Waals surface area contributed by atoms with Crippen molar-refractivity contribution in [3.63, 3.8) is 0 Å². The van der Waals surface area contributed by atoms with Gasteiger partial charge in [-0.15, -0.1) is 0 Å². The van der Waals surface area contributed by atoms with Gasteiger partial charge in [0.05, 0.1) is 12.7 Å². The van der Waals surface area contributed by atoms with Gasteiger partial charge < -0.3 is 14.4 Å². The molecular weight excluding hydrogens is 274 g/mol. The Morgan fingerprint density at radius 2 is 1.86 bits per heavy atom. The quantitative estimate of drug-likeness (QED) is 0.823. The van der Waals surface area contributed by atoms with Gasteiger partial charge in [-0.25, -0.2) is 0 Å². The number of fused-ring (bicyclic) bond motifs is 2. The Bertz CT molecular complexity index is 500. The van der Waals surface area contributed by atoms with E-state index < -0.39 is 0 Å². The predicted octanol–water partition coefficient (Wildman–Crippen LogP) is 3.92. The van der Waals surface area contributed by atoms with Crippen molar-refractivity contribution in [2.75, 3.05) is 7.05 Å². The van der Waals surface area contributed by atoms with Gasteiger partial charge in [-0.3, -0.25) is 0 Å². The number of rotatable bonds is 5. The molecule has 3 nitrogen and oxygen atoms in total. The minimum absolute atomic E-state index is 0.243. The van der Waals surface area contributed by atoms with Crippen LogP contribution in [0.15, 0.2) is 18.2 Å². The van der Waals surface area contributed by atoms with Crippen molar-refractivity contribution in [3.05, 3.63) is 29.3 Å². The molecule has 1 aromatic carbocycles. The molecule has 3 heteroatoms. The first-order chi connectivity index (χ1) is 10.5. The smallest absolute Gasteiger partial charge is 0.125 e. The predicted molar refractivity (Wildman–Crippen MR) is 89.3 cm³/mol. The second kappa shape index (κ2) is 6.59. The fourth-order valence-corrected chi connectivity index (χ4v) is 3.83. The van der Waals surface area contributed by atoms with E-state index in [9.17, 15) is 0 Å². The summed E-state index contributed by atoms with van der Waals surface area (Å²) >= 11 is 0. The van der Waals surface area contributed by atoms with E-state index in [4.69, 9.17) is 9.47 Å². The summed E-state index contributed by atoms with van der Waals surface area (Å²) < 4.78 is 12.2. The molecule has 2 fully saturated rings. The van der Waals surface area contributed by atoms with E-state index in [1.807, 2.05) is 0 Å². The lowest BCUT2D eigenvalue weighted by atomic mass is 10.0. The molecule has 2 heterocycles. The second-order valence-electron chi connectivity index (χ2n) is 7.23. The molecule has 2 aliphatic rings. The van der Waals surface area contributed by atoms with Crippen LogP contribution in [0.3, 0.4) is 0 Å². The lowest BCUT2D eigenvalue weighted by molar-refractivity contribution is 0.0521.